The summed E-state index contributed by atoms with van der Waals surface area (Å²) in [6, 6.07) is 18.2. The Bertz CT molecular complexity index is 708. The van der Waals surface area contributed by atoms with Gasteiger partial charge in [0.15, 0.2) is 5.17 Å². The van der Waals surface area contributed by atoms with Crippen LogP contribution in [-0.4, -0.2) is 16.3 Å². The molecule has 0 saturated carbocycles. The van der Waals surface area contributed by atoms with Crippen LogP contribution in [0.25, 0.3) is 0 Å². The van der Waals surface area contributed by atoms with Gasteiger partial charge >= 0.3 is 0 Å². The third kappa shape index (κ3) is 4.02. The van der Waals surface area contributed by atoms with E-state index < -0.39 is 0 Å². The lowest BCUT2D eigenvalue weighted by Gasteiger charge is -2.08. The lowest BCUT2D eigenvalue weighted by Crippen LogP contribution is -2.25. The van der Waals surface area contributed by atoms with Crippen molar-refractivity contribution in [2.24, 2.45) is 4.99 Å². The zero-order valence-electron chi connectivity index (χ0n) is 13.3. The Morgan fingerprint density at radius 3 is 2.43 bits per heavy atom. The van der Waals surface area contributed by atoms with E-state index in [-0.39, 0.29) is 11.2 Å². The number of aliphatic imine (C=N–C) groups is 1. The van der Waals surface area contributed by atoms with E-state index in [1.54, 1.807) is 0 Å². The summed E-state index contributed by atoms with van der Waals surface area (Å²) >= 11 is 1.51. The summed E-state index contributed by atoms with van der Waals surface area (Å²) in [4.78, 5) is 16.6. The summed E-state index contributed by atoms with van der Waals surface area (Å²) < 4.78 is 0. The van der Waals surface area contributed by atoms with E-state index >= 15 is 0 Å². The van der Waals surface area contributed by atoms with Crippen LogP contribution in [-0.2, 0) is 11.2 Å². The monoisotopic (exact) mass is 324 g/mol. The van der Waals surface area contributed by atoms with Crippen LogP contribution in [0.5, 0.6) is 0 Å². The average Bonchev–Trinajstić information content (AvgIpc) is 2.88. The lowest BCUT2D eigenvalue weighted by atomic mass is 10.0. The first kappa shape index (κ1) is 15.8. The number of nitrogens with one attached hydrogen (secondary N) is 1. The molecule has 1 unspecified atom stereocenters. The quantitative estimate of drug-likeness (QED) is 0.912. The topological polar surface area (TPSA) is 41.5 Å². The Morgan fingerprint density at radius 2 is 1.78 bits per heavy atom. The molecule has 3 nitrogen and oxygen atoms in total. The fourth-order valence-corrected chi connectivity index (χ4v) is 3.49. The molecular weight excluding hydrogens is 304 g/mol. The number of benzene rings is 2. The van der Waals surface area contributed by atoms with Gasteiger partial charge in [-0.3, -0.25) is 4.79 Å². The molecule has 0 spiro atoms. The summed E-state index contributed by atoms with van der Waals surface area (Å²) in [6.07, 6.45) is 0.725. The molecule has 1 saturated heterocycles. The number of amidine groups is 1. The van der Waals surface area contributed by atoms with Crippen molar-refractivity contribution in [1.29, 1.82) is 0 Å². The second kappa shape index (κ2) is 7.01. The molecule has 0 radical (unpaired) electrons. The standard InChI is InChI=1S/C19H20N2OS/c1-13(2)15-10-8-14(9-11-15)12-17-18(22)21-19(23-17)20-16-6-4-3-5-7-16/h3-11,13,17H,12H2,1-2H3,(H,20,21,22). The second-order valence-electron chi connectivity index (χ2n) is 5.95. The fourth-order valence-electron chi connectivity index (χ4n) is 2.46. The van der Waals surface area contributed by atoms with E-state index in [1.165, 1.54) is 22.9 Å². The van der Waals surface area contributed by atoms with E-state index in [1.807, 2.05) is 30.3 Å². The molecule has 1 fully saturated rings. The summed E-state index contributed by atoms with van der Waals surface area (Å²) in [6.45, 7) is 4.36. The molecule has 0 aromatic heterocycles. The first-order valence-electron chi connectivity index (χ1n) is 7.82. The highest BCUT2D eigenvalue weighted by Crippen LogP contribution is 2.26. The number of carbonyl (C=O) groups excluding carboxylic acids is 1. The van der Waals surface area contributed by atoms with Gasteiger partial charge in [0.2, 0.25) is 5.91 Å². The Hall–Kier alpha value is -2.07. The third-order valence-corrected chi connectivity index (χ3v) is 4.91. The van der Waals surface area contributed by atoms with E-state index in [4.69, 9.17) is 0 Å². The molecule has 1 atom stereocenters. The minimum atomic E-state index is -0.109. The molecule has 1 amide bonds. The van der Waals surface area contributed by atoms with Crippen LogP contribution in [0.1, 0.15) is 30.9 Å². The van der Waals surface area contributed by atoms with Crippen LogP contribution >= 0.6 is 11.8 Å². The molecule has 1 aliphatic rings. The van der Waals surface area contributed by atoms with Gasteiger partial charge < -0.3 is 5.32 Å². The molecule has 23 heavy (non-hydrogen) atoms. The fraction of sp³-hybridized carbons (Fsp3) is 0.263. The van der Waals surface area contributed by atoms with Gasteiger partial charge in [0, 0.05) is 0 Å². The minimum Gasteiger partial charge on any atom is -0.304 e. The molecule has 118 valence electrons. The van der Waals surface area contributed by atoms with Crippen molar-refractivity contribution in [3.05, 3.63) is 65.7 Å². The number of hydrogen-bond donors (Lipinski definition) is 1. The largest absolute Gasteiger partial charge is 0.304 e. The van der Waals surface area contributed by atoms with E-state index in [9.17, 15) is 4.79 Å². The summed E-state index contributed by atoms with van der Waals surface area (Å²) in [7, 11) is 0. The van der Waals surface area contributed by atoms with Gasteiger partial charge in [-0.2, -0.15) is 0 Å². The molecule has 2 aromatic carbocycles. The highest BCUT2D eigenvalue weighted by Gasteiger charge is 2.30. The predicted molar refractivity (Wildman–Crippen MR) is 97.3 cm³/mol. The van der Waals surface area contributed by atoms with Crippen LogP contribution in [0.4, 0.5) is 5.69 Å². The highest BCUT2D eigenvalue weighted by molar-refractivity contribution is 8.15. The van der Waals surface area contributed by atoms with E-state index in [0.717, 1.165) is 12.1 Å². The molecule has 2 aromatic rings. The average molecular weight is 324 g/mol. The number of amides is 1. The minimum absolute atomic E-state index is 0.0395. The summed E-state index contributed by atoms with van der Waals surface area (Å²) in [5.41, 5.74) is 3.36. The van der Waals surface area contributed by atoms with Crippen molar-refractivity contribution < 1.29 is 4.79 Å². The van der Waals surface area contributed by atoms with Gasteiger partial charge in [-0.05, 0) is 35.6 Å². The molecule has 1 aliphatic heterocycles. The Balaban J connectivity index is 1.67. The number of hydrogen-bond acceptors (Lipinski definition) is 3. The van der Waals surface area contributed by atoms with Gasteiger partial charge in [0.05, 0.1) is 10.9 Å². The molecule has 4 heteroatoms. The normalized spacial score (nSPS) is 19.3. The number of carbonyl (C=O) groups is 1. The van der Waals surface area contributed by atoms with Crippen molar-refractivity contribution in [2.75, 3.05) is 0 Å². The second-order valence-corrected chi connectivity index (χ2v) is 7.14. The predicted octanol–water partition coefficient (Wildman–Crippen LogP) is 4.27. The molecule has 0 aliphatic carbocycles. The Morgan fingerprint density at radius 1 is 1.09 bits per heavy atom. The van der Waals surface area contributed by atoms with Crippen LogP contribution in [0.15, 0.2) is 59.6 Å². The SMILES string of the molecule is CC(C)c1ccc(CC2SC(=Nc3ccccc3)NC2=O)cc1. The maximum absolute atomic E-state index is 12.1. The summed E-state index contributed by atoms with van der Waals surface area (Å²) in [5.74, 6) is 0.565. The van der Waals surface area contributed by atoms with Gasteiger partial charge in [0.25, 0.3) is 0 Å². The first-order valence-corrected chi connectivity index (χ1v) is 8.70. The smallest absolute Gasteiger partial charge is 0.239 e. The summed E-state index contributed by atoms with van der Waals surface area (Å²) in [5, 5.41) is 3.45. The Kier molecular flexibility index (Phi) is 4.82. The van der Waals surface area contributed by atoms with Crippen LogP contribution in [0.3, 0.4) is 0 Å². The van der Waals surface area contributed by atoms with E-state index in [2.05, 4.69) is 48.4 Å². The lowest BCUT2D eigenvalue weighted by molar-refractivity contribution is -0.118. The van der Waals surface area contributed by atoms with Crippen LogP contribution in [0.2, 0.25) is 0 Å². The number of thioether (sulfide) groups is 1. The molecule has 0 bridgehead atoms. The van der Waals surface area contributed by atoms with Crippen molar-refractivity contribution >= 4 is 28.5 Å². The van der Waals surface area contributed by atoms with E-state index in [0.29, 0.717) is 11.1 Å². The van der Waals surface area contributed by atoms with Crippen molar-refractivity contribution in [3.8, 4) is 0 Å². The number of para-hydroxylation sites is 1. The van der Waals surface area contributed by atoms with Crippen LogP contribution in [0, 0.1) is 0 Å². The maximum atomic E-state index is 12.1. The molecular formula is C19H20N2OS. The first-order chi connectivity index (χ1) is 11.1. The third-order valence-electron chi connectivity index (χ3n) is 3.83. The van der Waals surface area contributed by atoms with Crippen molar-refractivity contribution in [1.82, 2.24) is 5.32 Å². The molecule has 3 rings (SSSR count). The highest BCUT2D eigenvalue weighted by atomic mass is 32.2. The van der Waals surface area contributed by atoms with Gasteiger partial charge in [-0.15, -0.1) is 0 Å². The Labute approximate surface area is 141 Å². The van der Waals surface area contributed by atoms with Gasteiger partial charge in [-0.1, -0.05) is 68.1 Å². The maximum Gasteiger partial charge on any atom is 0.239 e. The van der Waals surface area contributed by atoms with Crippen molar-refractivity contribution in [2.45, 2.75) is 31.4 Å². The van der Waals surface area contributed by atoms with Crippen molar-refractivity contribution in [3.63, 3.8) is 0 Å². The van der Waals surface area contributed by atoms with Crippen LogP contribution < -0.4 is 5.32 Å². The van der Waals surface area contributed by atoms with Gasteiger partial charge in [0.1, 0.15) is 0 Å². The molecule has 1 heterocycles. The number of rotatable bonds is 4. The number of nitrogens with zero attached hydrogens (tertiary/aromatic N) is 1. The zero-order valence-corrected chi connectivity index (χ0v) is 14.1. The van der Waals surface area contributed by atoms with Gasteiger partial charge in [-0.25, -0.2) is 4.99 Å². The zero-order chi connectivity index (χ0) is 16.2. The molecule has 1 N–H and O–H groups in total.